The Bertz CT molecular complexity index is 399. The van der Waals surface area contributed by atoms with E-state index in [2.05, 4.69) is 12.2 Å². The van der Waals surface area contributed by atoms with Gasteiger partial charge in [-0.3, -0.25) is 4.79 Å². The number of hydrogen-bond acceptors (Lipinski definition) is 1. The van der Waals surface area contributed by atoms with Gasteiger partial charge in [0.25, 0.3) is 5.91 Å². The van der Waals surface area contributed by atoms with Gasteiger partial charge in [0.05, 0.1) is 0 Å². The van der Waals surface area contributed by atoms with Crippen LogP contribution in [0.4, 0.5) is 0 Å². The van der Waals surface area contributed by atoms with E-state index in [0.717, 1.165) is 12.1 Å². The first kappa shape index (κ1) is 11.5. The van der Waals surface area contributed by atoms with E-state index in [1.54, 1.807) is 0 Å². The third-order valence-electron chi connectivity index (χ3n) is 3.12. The van der Waals surface area contributed by atoms with Crippen LogP contribution in [0.25, 0.3) is 0 Å². The maximum atomic E-state index is 11.8. The van der Waals surface area contributed by atoms with Crippen LogP contribution in [0, 0.1) is 5.41 Å². The second kappa shape index (κ2) is 4.46. The van der Waals surface area contributed by atoms with Crippen LogP contribution in [0.15, 0.2) is 24.3 Å². The molecule has 0 spiro atoms. The van der Waals surface area contributed by atoms with Gasteiger partial charge < -0.3 is 5.32 Å². The summed E-state index contributed by atoms with van der Waals surface area (Å²) in [5, 5.41) is 2.97. The highest BCUT2D eigenvalue weighted by atomic mass is 35.5. The van der Waals surface area contributed by atoms with Crippen molar-refractivity contribution in [1.29, 1.82) is 0 Å². The summed E-state index contributed by atoms with van der Waals surface area (Å²) in [5.74, 6) is 0.443. The molecule has 1 fully saturated rings. The van der Waals surface area contributed by atoms with Gasteiger partial charge in [-0.05, 0) is 36.0 Å². The standard InChI is InChI=1S/C13H16ClNO/c1-13(5-6-13)9-15-12(16)11-4-2-3-10(7-11)8-14/h2-4,7H,5-6,8-9H2,1H3,(H,15,16). The van der Waals surface area contributed by atoms with E-state index in [1.807, 2.05) is 24.3 Å². The second-order valence-electron chi connectivity index (χ2n) is 4.83. The molecule has 0 unspecified atom stereocenters. The molecule has 0 saturated heterocycles. The van der Waals surface area contributed by atoms with Crippen molar-refractivity contribution in [3.05, 3.63) is 35.4 Å². The molecule has 1 N–H and O–H groups in total. The Labute approximate surface area is 101 Å². The van der Waals surface area contributed by atoms with Crippen LogP contribution in [0.1, 0.15) is 35.7 Å². The van der Waals surface area contributed by atoms with Gasteiger partial charge in [-0.2, -0.15) is 0 Å². The van der Waals surface area contributed by atoms with E-state index >= 15 is 0 Å². The van der Waals surface area contributed by atoms with Crippen LogP contribution in [0.2, 0.25) is 0 Å². The largest absolute Gasteiger partial charge is 0.351 e. The number of halogens is 1. The molecule has 0 radical (unpaired) electrons. The summed E-state index contributed by atoms with van der Waals surface area (Å²) in [4.78, 5) is 11.8. The zero-order valence-corrected chi connectivity index (χ0v) is 10.2. The molecule has 1 saturated carbocycles. The van der Waals surface area contributed by atoms with Gasteiger partial charge in [0.2, 0.25) is 0 Å². The number of nitrogens with one attached hydrogen (secondary N) is 1. The van der Waals surface area contributed by atoms with Crippen LogP contribution < -0.4 is 5.32 Å². The highest BCUT2D eigenvalue weighted by Gasteiger charge is 2.37. The Morgan fingerprint density at radius 3 is 2.88 bits per heavy atom. The van der Waals surface area contributed by atoms with Crippen molar-refractivity contribution in [1.82, 2.24) is 5.32 Å². The normalized spacial score (nSPS) is 16.9. The fourth-order valence-corrected chi connectivity index (χ4v) is 1.75. The number of amides is 1. The lowest BCUT2D eigenvalue weighted by Gasteiger charge is -2.10. The summed E-state index contributed by atoms with van der Waals surface area (Å²) >= 11 is 5.73. The van der Waals surface area contributed by atoms with Crippen LogP contribution >= 0.6 is 11.6 Å². The Kier molecular flexibility index (Phi) is 3.20. The van der Waals surface area contributed by atoms with E-state index in [4.69, 9.17) is 11.6 Å². The van der Waals surface area contributed by atoms with Crippen molar-refractivity contribution in [3.8, 4) is 0 Å². The minimum Gasteiger partial charge on any atom is -0.351 e. The first-order valence-electron chi connectivity index (χ1n) is 5.56. The second-order valence-corrected chi connectivity index (χ2v) is 5.09. The van der Waals surface area contributed by atoms with E-state index in [1.165, 1.54) is 12.8 Å². The predicted molar refractivity (Wildman–Crippen MR) is 65.7 cm³/mol. The molecule has 1 aromatic rings. The van der Waals surface area contributed by atoms with Gasteiger partial charge in [-0.25, -0.2) is 0 Å². The fourth-order valence-electron chi connectivity index (χ4n) is 1.58. The molecule has 1 aromatic carbocycles. The van der Waals surface area contributed by atoms with Crippen LogP contribution in [-0.2, 0) is 5.88 Å². The summed E-state index contributed by atoms with van der Waals surface area (Å²) in [6.45, 7) is 2.97. The molecule has 0 aliphatic heterocycles. The molecule has 0 bridgehead atoms. The average Bonchev–Trinajstić information content (AvgIpc) is 3.05. The van der Waals surface area contributed by atoms with Crippen molar-refractivity contribution in [2.24, 2.45) is 5.41 Å². The summed E-state index contributed by atoms with van der Waals surface area (Å²) < 4.78 is 0. The summed E-state index contributed by atoms with van der Waals surface area (Å²) in [5.41, 5.74) is 2.02. The topological polar surface area (TPSA) is 29.1 Å². The first-order valence-corrected chi connectivity index (χ1v) is 6.10. The molecule has 3 heteroatoms. The molecule has 0 heterocycles. The fraction of sp³-hybridized carbons (Fsp3) is 0.462. The lowest BCUT2D eigenvalue weighted by Crippen LogP contribution is -2.28. The maximum Gasteiger partial charge on any atom is 0.251 e. The third kappa shape index (κ3) is 2.76. The minimum atomic E-state index is 0.0000849. The van der Waals surface area contributed by atoms with Gasteiger partial charge in [0, 0.05) is 18.0 Å². The van der Waals surface area contributed by atoms with E-state index < -0.39 is 0 Å². The molecular formula is C13H16ClNO. The molecular weight excluding hydrogens is 222 g/mol. The van der Waals surface area contributed by atoms with Crippen molar-refractivity contribution in [2.75, 3.05) is 6.54 Å². The molecule has 2 nitrogen and oxygen atoms in total. The summed E-state index contributed by atoms with van der Waals surface area (Å²) in [7, 11) is 0. The van der Waals surface area contributed by atoms with E-state index in [9.17, 15) is 4.79 Å². The number of rotatable bonds is 4. The van der Waals surface area contributed by atoms with Gasteiger partial charge >= 0.3 is 0 Å². The minimum absolute atomic E-state index is 0.0000849. The number of alkyl halides is 1. The Hall–Kier alpha value is -1.02. The predicted octanol–water partition coefficient (Wildman–Crippen LogP) is 2.96. The van der Waals surface area contributed by atoms with Crippen molar-refractivity contribution in [3.63, 3.8) is 0 Å². The van der Waals surface area contributed by atoms with Gasteiger partial charge in [0.15, 0.2) is 0 Å². The summed E-state index contributed by atoms with van der Waals surface area (Å²) in [6, 6.07) is 7.45. The molecule has 2 rings (SSSR count). The zero-order valence-electron chi connectivity index (χ0n) is 9.42. The van der Waals surface area contributed by atoms with Crippen LogP contribution in [0.3, 0.4) is 0 Å². The van der Waals surface area contributed by atoms with Crippen LogP contribution in [0.5, 0.6) is 0 Å². The SMILES string of the molecule is CC1(CNC(=O)c2cccc(CCl)c2)CC1. The number of carbonyl (C=O) groups is 1. The summed E-state index contributed by atoms with van der Waals surface area (Å²) in [6.07, 6.45) is 2.43. The Balaban J connectivity index is 1.97. The average molecular weight is 238 g/mol. The highest BCUT2D eigenvalue weighted by molar-refractivity contribution is 6.17. The molecule has 0 aromatic heterocycles. The van der Waals surface area contributed by atoms with Gasteiger partial charge in [0.1, 0.15) is 0 Å². The van der Waals surface area contributed by atoms with Crippen molar-refractivity contribution in [2.45, 2.75) is 25.6 Å². The Morgan fingerprint density at radius 1 is 1.50 bits per heavy atom. The molecule has 1 amide bonds. The number of carbonyl (C=O) groups excluding carboxylic acids is 1. The third-order valence-corrected chi connectivity index (χ3v) is 3.43. The first-order chi connectivity index (χ1) is 7.63. The Morgan fingerprint density at radius 2 is 2.25 bits per heavy atom. The smallest absolute Gasteiger partial charge is 0.251 e. The van der Waals surface area contributed by atoms with Gasteiger partial charge in [-0.1, -0.05) is 19.1 Å². The number of hydrogen-bond donors (Lipinski definition) is 1. The molecule has 1 aliphatic carbocycles. The number of benzene rings is 1. The molecule has 0 atom stereocenters. The quantitative estimate of drug-likeness (QED) is 0.802. The molecule has 16 heavy (non-hydrogen) atoms. The molecule has 86 valence electrons. The van der Waals surface area contributed by atoms with Crippen LogP contribution in [-0.4, -0.2) is 12.5 Å². The highest BCUT2D eigenvalue weighted by Crippen LogP contribution is 2.44. The maximum absolute atomic E-state index is 11.8. The van der Waals surface area contributed by atoms with Crippen molar-refractivity contribution >= 4 is 17.5 Å². The zero-order chi connectivity index (χ0) is 11.6. The monoisotopic (exact) mass is 237 g/mol. The van der Waals surface area contributed by atoms with E-state index in [0.29, 0.717) is 16.9 Å². The van der Waals surface area contributed by atoms with Gasteiger partial charge in [-0.15, -0.1) is 11.6 Å². The lowest BCUT2D eigenvalue weighted by molar-refractivity contribution is 0.0946. The lowest BCUT2D eigenvalue weighted by atomic mass is 10.1. The molecule has 1 aliphatic rings. The van der Waals surface area contributed by atoms with E-state index in [-0.39, 0.29) is 5.91 Å². The van der Waals surface area contributed by atoms with Crippen molar-refractivity contribution < 1.29 is 4.79 Å².